The molecule has 0 saturated heterocycles. The van der Waals surface area contributed by atoms with E-state index in [0.717, 1.165) is 27.2 Å². The number of halogens is 1. The van der Waals surface area contributed by atoms with E-state index < -0.39 is 17.6 Å². The second-order valence-corrected chi connectivity index (χ2v) is 7.92. The highest BCUT2D eigenvalue weighted by atomic mass is 19.1. The minimum atomic E-state index is -0.512. The summed E-state index contributed by atoms with van der Waals surface area (Å²) in [7, 11) is 0. The maximum Gasteiger partial charge on any atom is 0.282 e. The number of nitrogens with one attached hydrogen (secondary N) is 1. The zero-order chi connectivity index (χ0) is 22.3. The van der Waals surface area contributed by atoms with Gasteiger partial charge < -0.3 is 5.32 Å². The third kappa shape index (κ3) is 3.75. The zero-order valence-corrected chi connectivity index (χ0v) is 17.9. The topological polar surface area (TPSA) is 49.4 Å². The van der Waals surface area contributed by atoms with Gasteiger partial charge in [-0.1, -0.05) is 35.9 Å². The Balaban J connectivity index is 1.87. The van der Waals surface area contributed by atoms with Crippen molar-refractivity contribution in [2.45, 2.75) is 27.7 Å². The number of carbonyl (C=O) groups excluding carboxylic acids is 2. The Morgan fingerprint density at radius 2 is 1.55 bits per heavy atom. The van der Waals surface area contributed by atoms with Gasteiger partial charge in [-0.2, -0.15) is 0 Å². The summed E-state index contributed by atoms with van der Waals surface area (Å²) in [5.74, 6) is -1.50. The summed E-state index contributed by atoms with van der Waals surface area (Å²) in [4.78, 5) is 27.9. The van der Waals surface area contributed by atoms with Crippen molar-refractivity contribution >= 4 is 28.8 Å². The zero-order valence-electron chi connectivity index (χ0n) is 17.9. The minimum Gasteiger partial charge on any atom is -0.350 e. The molecule has 3 aromatic rings. The Morgan fingerprint density at radius 3 is 2.23 bits per heavy atom. The van der Waals surface area contributed by atoms with Crippen molar-refractivity contribution in [3.63, 3.8) is 0 Å². The lowest BCUT2D eigenvalue weighted by molar-refractivity contribution is -0.120. The lowest BCUT2D eigenvalue weighted by Gasteiger charge is -2.15. The van der Waals surface area contributed by atoms with Crippen LogP contribution in [-0.4, -0.2) is 11.8 Å². The van der Waals surface area contributed by atoms with Crippen LogP contribution in [0.5, 0.6) is 0 Å². The van der Waals surface area contributed by atoms with Crippen molar-refractivity contribution < 1.29 is 14.0 Å². The largest absolute Gasteiger partial charge is 0.350 e. The number of nitrogens with zero attached hydrogens (tertiary/aromatic N) is 1. The van der Waals surface area contributed by atoms with Crippen molar-refractivity contribution in [3.05, 3.63) is 100.0 Å². The number of imide groups is 1. The predicted molar refractivity (Wildman–Crippen MR) is 121 cm³/mol. The normalized spacial score (nSPS) is 13.9. The van der Waals surface area contributed by atoms with Gasteiger partial charge in [0.1, 0.15) is 11.5 Å². The molecule has 0 aliphatic carbocycles. The number of aryl methyl sites for hydroxylation is 4. The molecular formula is C26H23FN2O2. The van der Waals surface area contributed by atoms with Crippen LogP contribution < -0.4 is 10.2 Å². The second-order valence-electron chi connectivity index (χ2n) is 7.92. The number of benzene rings is 3. The Morgan fingerprint density at radius 1 is 0.774 bits per heavy atom. The maximum atomic E-state index is 13.9. The summed E-state index contributed by atoms with van der Waals surface area (Å²) >= 11 is 0. The molecule has 3 aromatic carbocycles. The summed E-state index contributed by atoms with van der Waals surface area (Å²) in [5.41, 5.74) is 6.20. The summed E-state index contributed by atoms with van der Waals surface area (Å²) in [6.45, 7) is 7.88. The molecule has 0 bridgehead atoms. The van der Waals surface area contributed by atoms with E-state index in [-0.39, 0.29) is 17.0 Å². The van der Waals surface area contributed by atoms with E-state index in [2.05, 4.69) is 5.32 Å². The summed E-state index contributed by atoms with van der Waals surface area (Å²) in [6.07, 6.45) is 0. The van der Waals surface area contributed by atoms with Gasteiger partial charge in [0.15, 0.2) is 0 Å². The third-order valence-electron chi connectivity index (χ3n) is 5.58. The van der Waals surface area contributed by atoms with E-state index in [0.29, 0.717) is 11.3 Å². The van der Waals surface area contributed by atoms with E-state index in [4.69, 9.17) is 0 Å². The molecule has 0 spiro atoms. The molecule has 0 radical (unpaired) electrons. The molecule has 5 heteroatoms. The average molecular weight is 414 g/mol. The molecule has 1 aliphatic heterocycles. The molecule has 4 rings (SSSR count). The summed E-state index contributed by atoms with van der Waals surface area (Å²) in [5, 5.41) is 3.17. The molecule has 0 aromatic heterocycles. The second kappa shape index (κ2) is 7.84. The van der Waals surface area contributed by atoms with Crippen LogP contribution in [0, 0.1) is 33.5 Å². The van der Waals surface area contributed by atoms with Gasteiger partial charge in [0, 0.05) is 5.69 Å². The van der Waals surface area contributed by atoms with Gasteiger partial charge in [0.05, 0.1) is 11.3 Å². The number of hydrogen-bond acceptors (Lipinski definition) is 3. The molecule has 4 nitrogen and oxygen atoms in total. The summed E-state index contributed by atoms with van der Waals surface area (Å²) < 4.78 is 13.9. The van der Waals surface area contributed by atoms with Gasteiger partial charge in [-0.05, 0) is 80.3 Å². The van der Waals surface area contributed by atoms with Crippen molar-refractivity contribution in [1.82, 2.24) is 0 Å². The molecule has 1 heterocycles. The third-order valence-corrected chi connectivity index (χ3v) is 5.58. The van der Waals surface area contributed by atoms with Crippen LogP contribution in [0.2, 0.25) is 0 Å². The molecule has 156 valence electrons. The number of amides is 2. The van der Waals surface area contributed by atoms with Gasteiger partial charge in [-0.25, -0.2) is 9.29 Å². The highest BCUT2D eigenvalue weighted by molar-refractivity contribution is 6.46. The van der Waals surface area contributed by atoms with Crippen LogP contribution in [0.1, 0.15) is 27.8 Å². The Hall–Kier alpha value is -3.73. The number of rotatable bonds is 4. The van der Waals surface area contributed by atoms with Gasteiger partial charge in [-0.15, -0.1) is 0 Å². The van der Waals surface area contributed by atoms with Gasteiger partial charge in [0.2, 0.25) is 0 Å². The number of anilines is 2. The first kappa shape index (κ1) is 20.5. The minimum absolute atomic E-state index is 0.185. The predicted octanol–water partition coefficient (Wildman–Crippen LogP) is 5.46. The van der Waals surface area contributed by atoms with Crippen molar-refractivity contribution in [3.8, 4) is 0 Å². The fourth-order valence-corrected chi connectivity index (χ4v) is 3.80. The highest BCUT2D eigenvalue weighted by Gasteiger charge is 2.40. The number of hydrogen-bond donors (Lipinski definition) is 1. The van der Waals surface area contributed by atoms with Gasteiger partial charge in [-0.3, -0.25) is 9.59 Å². The molecule has 0 saturated carbocycles. The lowest BCUT2D eigenvalue weighted by atomic mass is 9.97. The fourth-order valence-electron chi connectivity index (χ4n) is 3.80. The maximum absolute atomic E-state index is 13.9. The molecule has 0 fully saturated rings. The molecule has 31 heavy (non-hydrogen) atoms. The van der Waals surface area contributed by atoms with E-state index in [1.165, 1.54) is 18.2 Å². The van der Waals surface area contributed by atoms with Gasteiger partial charge >= 0.3 is 0 Å². The van der Waals surface area contributed by atoms with Crippen LogP contribution in [0.4, 0.5) is 15.8 Å². The standard InChI is InChI=1S/C26H23FN2O2/c1-15-8-11-22(18(4)12-15)23-24(28-20-10-9-16(2)17(3)13-20)26(31)29(25(23)30)21-7-5-6-19(27)14-21/h5-14,28H,1-4H3. The molecular weight excluding hydrogens is 391 g/mol. The first-order valence-electron chi connectivity index (χ1n) is 10.1. The molecule has 1 aliphatic rings. The Labute approximate surface area is 181 Å². The van der Waals surface area contributed by atoms with Crippen LogP contribution in [-0.2, 0) is 9.59 Å². The molecule has 0 unspecified atom stereocenters. The van der Waals surface area contributed by atoms with Gasteiger partial charge in [0.25, 0.3) is 11.8 Å². The van der Waals surface area contributed by atoms with Crippen molar-refractivity contribution in [2.75, 3.05) is 10.2 Å². The smallest absolute Gasteiger partial charge is 0.282 e. The first-order chi connectivity index (χ1) is 14.8. The van der Waals surface area contributed by atoms with E-state index in [1.54, 1.807) is 6.07 Å². The van der Waals surface area contributed by atoms with Crippen molar-refractivity contribution in [1.29, 1.82) is 0 Å². The van der Waals surface area contributed by atoms with Crippen LogP contribution in [0.15, 0.2) is 66.4 Å². The number of carbonyl (C=O) groups is 2. The van der Waals surface area contributed by atoms with Crippen LogP contribution in [0.25, 0.3) is 5.57 Å². The molecule has 2 amide bonds. The molecule has 1 N–H and O–H groups in total. The Bertz CT molecular complexity index is 1260. The Kier molecular flexibility index (Phi) is 5.19. The average Bonchev–Trinajstić information content (AvgIpc) is 2.95. The van der Waals surface area contributed by atoms with Crippen molar-refractivity contribution in [2.24, 2.45) is 0 Å². The lowest BCUT2D eigenvalue weighted by Crippen LogP contribution is -2.32. The van der Waals surface area contributed by atoms with Crippen LogP contribution in [0.3, 0.4) is 0 Å². The summed E-state index contributed by atoms with van der Waals surface area (Å²) in [6, 6.07) is 17.0. The quantitative estimate of drug-likeness (QED) is 0.577. The van der Waals surface area contributed by atoms with E-state index >= 15 is 0 Å². The van der Waals surface area contributed by atoms with E-state index in [9.17, 15) is 14.0 Å². The monoisotopic (exact) mass is 414 g/mol. The van der Waals surface area contributed by atoms with Crippen LogP contribution >= 0.6 is 0 Å². The van der Waals surface area contributed by atoms with E-state index in [1.807, 2.05) is 64.1 Å². The highest BCUT2D eigenvalue weighted by Crippen LogP contribution is 2.35. The SMILES string of the molecule is Cc1ccc(C2=C(Nc3ccc(C)c(C)c3)C(=O)N(c3cccc(F)c3)C2=O)c(C)c1. The first-order valence-corrected chi connectivity index (χ1v) is 10.1. The fraction of sp³-hybridized carbons (Fsp3) is 0.154. The molecule has 0 atom stereocenters.